The van der Waals surface area contributed by atoms with Crippen molar-refractivity contribution in [2.24, 2.45) is 0 Å². The predicted octanol–water partition coefficient (Wildman–Crippen LogP) is 2.23. The number of aromatic nitrogens is 4. The van der Waals surface area contributed by atoms with E-state index < -0.39 is 11.3 Å². The third-order valence-corrected chi connectivity index (χ3v) is 3.69. The zero-order chi connectivity index (χ0) is 15.9. The summed E-state index contributed by atoms with van der Waals surface area (Å²) in [6, 6.07) is 8.86. The van der Waals surface area contributed by atoms with E-state index in [0.29, 0.717) is 11.5 Å². The zero-order valence-electron chi connectivity index (χ0n) is 12.5. The van der Waals surface area contributed by atoms with Crippen LogP contribution in [0.25, 0.3) is 17.0 Å². The van der Waals surface area contributed by atoms with Crippen molar-refractivity contribution in [3.05, 3.63) is 36.0 Å². The highest BCUT2D eigenvalue weighted by Crippen LogP contribution is 2.23. The molecule has 0 saturated heterocycles. The van der Waals surface area contributed by atoms with Gasteiger partial charge in [-0.1, -0.05) is 20.8 Å². The summed E-state index contributed by atoms with van der Waals surface area (Å²) in [5, 5.41) is 7.63. The van der Waals surface area contributed by atoms with E-state index in [9.17, 15) is 8.76 Å². The van der Waals surface area contributed by atoms with Crippen LogP contribution >= 0.6 is 0 Å². The van der Waals surface area contributed by atoms with E-state index in [1.807, 2.05) is 6.07 Å². The van der Waals surface area contributed by atoms with Crippen LogP contribution < -0.4 is 4.72 Å². The molecule has 2 N–H and O–H groups in total. The van der Waals surface area contributed by atoms with E-state index in [2.05, 4.69) is 40.7 Å². The molecule has 1 aromatic carbocycles. The minimum atomic E-state index is -2.33. The average Bonchev–Trinajstić information content (AvgIpc) is 2.96. The quantitative estimate of drug-likeness (QED) is 0.723. The van der Waals surface area contributed by atoms with Crippen LogP contribution in [0, 0.1) is 0 Å². The van der Waals surface area contributed by atoms with Gasteiger partial charge < -0.3 is 9.27 Å². The molecule has 0 aliphatic rings. The third kappa shape index (κ3) is 2.88. The summed E-state index contributed by atoms with van der Waals surface area (Å²) in [6.07, 6.45) is 0. The van der Waals surface area contributed by atoms with Crippen molar-refractivity contribution >= 4 is 22.6 Å². The van der Waals surface area contributed by atoms with Gasteiger partial charge in [-0.15, -0.1) is 5.10 Å². The van der Waals surface area contributed by atoms with Gasteiger partial charge >= 0.3 is 0 Å². The monoisotopic (exact) mass is 318 g/mol. The Balaban J connectivity index is 1.90. The number of hydrogen-bond donors (Lipinski definition) is 2. The fourth-order valence-electron chi connectivity index (χ4n) is 2.07. The molecule has 0 radical (unpaired) electrons. The number of nitrogens with zero attached hydrogens (tertiary/aromatic N) is 3. The van der Waals surface area contributed by atoms with Gasteiger partial charge in [-0.25, -0.2) is 4.98 Å². The van der Waals surface area contributed by atoms with E-state index in [1.165, 1.54) is 0 Å². The van der Waals surface area contributed by atoms with Crippen LogP contribution in [-0.4, -0.2) is 28.6 Å². The zero-order valence-corrected chi connectivity index (χ0v) is 13.3. The van der Waals surface area contributed by atoms with Crippen molar-refractivity contribution in [2.75, 3.05) is 4.72 Å². The van der Waals surface area contributed by atoms with Crippen LogP contribution in [0.5, 0.6) is 0 Å². The topological polar surface area (TPSA) is 98.1 Å². The van der Waals surface area contributed by atoms with Crippen LogP contribution in [0.1, 0.15) is 26.5 Å². The highest BCUT2D eigenvalue weighted by Gasteiger charge is 2.18. The lowest BCUT2D eigenvalue weighted by Gasteiger charge is -2.14. The maximum atomic E-state index is 10.6. The van der Waals surface area contributed by atoms with E-state index in [1.54, 1.807) is 28.9 Å². The molecule has 1 unspecified atom stereocenters. The molecule has 3 rings (SSSR count). The smallest absolute Gasteiger partial charge is 0.183 e. The van der Waals surface area contributed by atoms with Crippen molar-refractivity contribution in [1.29, 1.82) is 0 Å². The van der Waals surface area contributed by atoms with Crippen molar-refractivity contribution < 1.29 is 8.76 Å². The Kier molecular flexibility index (Phi) is 3.50. The first-order valence-electron chi connectivity index (χ1n) is 6.75. The summed E-state index contributed by atoms with van der Waals surface area (Å²) in [5.41, 5.74) is 3.13. The van der Waals surface area contributed by atoms with E-state index >= 15 is 0 Å². The molecule has 2 heterocycles. The molecular formula is C14H16N5O2S-. The number of nitrogens with one attached hydrogen (secondary N) is 2. The molecule has 7 nitrogen and oxygen atoms in total. The molecule has 0 amide bonds. The molecule has 0 aliphatic heterocycles. The molecule has 22 heavy (non-hydrogen) atoms. The van der Waals surface area contributed by atoms with Gasteiger partial charge in [0.05, 0.1) is 0 Å². The van der Waals surface area contributed by atoms with Crippen LogP contribution in [-0.2, 0) is 16.7 Å². The Morgan fingerprint density at radius 3 is 2.50 bits per heavy atom. The number of aromatic amines is 1. The molecule has 0 fully saturated rings. The molecule has 116 valence electrons. The van der Waals surface area contributed by atoms with Crippen molar-refractivity contribution in [1.82, 2.24) is 19.8 Å². The summed E-state index contributed by atoms with van der Waals surface area (Å²) in [4.78, 5) is 4.49. The minimum Gasteiger partial charge on any atom is -0.755 e. The molecule has 0 aliphatic carbocycles. The fourth-order valence-corrected chi connectivity index (χ4v) is 2.39. The normalized spacial score (nSPS) is 13.5. The Morgan fingerprint density at radius 1 is 1.27 bits per heavy atom. The van der Waals surface area contributed by atoms with Crippen LogP contribution in [0.3, 0.4) is 0 Å². The van der Waals surface area contributed by atoms with Gasteiger partial charge in [-0.05, 0) is 24.3 Å². The van der Waals surface area contributed by atoms with Gasteiger partial charge in [-0.2, -0.15) is 4.63 Å². The molecular weight excluding hydrogens is 302 g/mol. The highest BCUT2D eigenvalue weighted by molar-refractivity contribution is 7.80. The lowest BCUT2D eigenvalue weighted by atomic mass is 9.93. The van der Waals surface area contributed by atoms with Crippen molar-refractivity contribution in [3.8, 4) is 11.4 Å². The molecule has 8 heteroatoms. The Bertz CT molecular complexity index is 798. The summed E-state index contributed by atoms with van der Waals surface area (Å²) in [6.45, 7) is 6.35. The maximum Gasteiger partial charge on any atom is 0.183 e. The Morgan fingerprint density at radius 2 is 1.95 bits per heavy atom. The summed E-state index contributed by atoms with van der Waals surface area (Å²) in [5.74, 6) is 0.585. The molecule has 0 spiro atoms. The maximum absolute atomic E-state index is 10.6. The van der Waals surface area contributed by atoms with Crippen LogP contribution in [0.4, 0.5) is 5.69 Å². The molecule has 0 bridgehead atoms. The first-order chi connectivity index (χ1) is 10.3. The molecule has 3 aromatic rings. The van der Waals surface area contributed by atoms with Gasteiger partial charge in [0.25, 0.3) is 0 Å². The number of fused-ring (bicyclic) bond motifs is 1. The Hall–Kier alpha value is -2.19. The van der Waals surface area contributed by atoms with Crippen molar-refractivity contribution in [2.45, 2.75) is 26.2 Å². The van der Waals surface area contributed by atoms with Crippen LogP contribution in [0.2, 0.25) is 0 Å². The van der Waals surface area contributed by atoms with E-state index in [-0.39, 0.29) is 5.41 Å². The first-order valence-corrected chi connectivity index (χ1v) is 7.83. The second-order valence-electron chi connectivity index (χ2n) is 6.04. The standard InChI is InChI=1S/C14H17N5O2S/c1-14(2,3)11-8-12-15-13(17-19(12)16-11)9-4-6-10(7-5-9)18-22(20)21/h4-8,16,18H,1-3H3,(H,20,21)/p-1. The second kappa shape index (κ2) is 5.22. The van der Waals surface area contributed by atoms with Gasteiger partial charge in [0, 0.05) is 39.7 Å². The second-order valence-corrected chi connectivity index (χ2v) is 6.71. The Labute approximate surface area is 130 Å². The largest absolute Gasteiger partial charge is 0.755 e. The van der Waals surface area contributed by atoms with Gasteiger partial charge in [0.2, 0.25) is 0 Å². The first kappa shape index (κ1) is 14.7. The van der Waals surface area contributed by atoms with E-state index in [4.69, 9.17) is 0 Å². The lowest BCUT2D eigenvalue weighted by Crippen LogP contribution is -2.12. The molecule has 0 saturated carbocycles. The van der Waals surface area contributed by atoms with Gasteiger partial charge in [0.1, 0.15) is 0 Å². The number of rotatable bonds is 3. The third-order valence-electron chi connectivity index (χ3n) is 3.28. The average molecular weight is 318 g/mol. The highest BCUT2D eigenvalue weighted by atomic mass is 32.2. The summed E-state index contributed by atoms with van der Waals surface area (Å²) in [7, 11) is 0. The van der Waals surface area contributed by atoms with E-state index in [0.717, 1.165) is 16.9 Å². The van der Waals surface area contributed by atoms with Gasteiger partial charge in [0.15, 0.2) is 11.5 Å². The summed E-state index contributed by atoms with van der Waals surface area (Å²) < 4.78 is 25.1. The number of anilines is 1. The predicted molar refractivity (Wildman–Crippen MR) is 84.0 cm³/mol. The lowest BCUT2D eigenvalue weighted by molar-refractivity contribution is 0.542. The number of benzene rings is 1. The molecule has 2 aromatic heterocycles. The SMILES string of the molecule is CC(C)(C)c1cc2nc(-c3ccc(NS(=O)[O-])cc3)nn2[nH]1. The number of H-pyrrole nitrogens is 1. The fraction of sp³-hybridized carbons (Fsp3) is 0.286. The minimum absolute atomic E-state index is 0.00381. The molecule has 1 atom stereocenters. The number of hydrogen-bond acceptors (Lipinski definition) is 4. The van der Waals surface area contributed by atoms with Crippen molar-refractivity contribution in [3.63, 3.8) is 0 Å². The van der Waals surface area contributed by atoms with Gasteiger partial charge in [-0.3, -0.25) is 9.31 Å². The summed E-state index contributed by atoms with van der Waals surface area (Å²) >= 11 is -2.33. The van der Waals surface area contributed by atoms with Crippen LogP contribution in [0.15, 0.2) is 30.3 Å².